The Morgan fingerprint density at radius 2 is 1.90 bits per heavy atom. The molecule has 3 nitrogen and oxygen atoms in total. The van der Waals surface area contributed by atoms with E-state index in [1.807, 2.05) is 31.2 Å². The number of rotatable bonds is 3. The van der Waals surface area contributed by atoms with Crippen LogP contribution in [-0.2, 0) is 6.54 Å². The summed E-state index contributed by atoms with van der Waals surface area (Å²) in [5.74, 6) is -0.0622. The van der Waals surface area contributed by atoms with E-state index < -0.39 is 0 Å². The van der Waals surface area contributed by atoms with Crippen LogP contribution in [0.15, 0.2) is 53.0 Å². The van der Waals surface area contributed by atoms with E-state index >= 15 is 0 Å². The van der Waals surface area contributed by atoms with Gasteiger partial charge in [0.2, 0.25) is 0 Å². The molecule has 0 aliphatic carbocycles. The van der Waals surface area contributed by atoms with Crippen LogP contribution >= 0.6 is 15.9 Å². The summed E-state index contributed by atoms with van der Waals surface area (Å²) < 4.78 is 0.965. The van der Waals surface area contributed by atoms with Crippen molar-refractivity contribution in [1.82, 2.24) is 10.3 Å². The monoisotopic (exact) mass is 342 g/mol. The molecule has 0 saturated heterocycles. The lowest BCUT2D eigenvalue weighted by Gasteiger charge is -2.06. The van der Waals surface area contributed by atoms with E-state index in [4.69, 9.17) is 0 Å². The van der Waals surface area contributed by atoms with Gasteiger partial charge < -0.3 is 10.3 Å². The quantitative estimate of drug-likeness (QED) is 0.737. The molecule has 0 fully saturated rings. The number of nitrogens with one attached hydrogen (secondary N) is 2. The van der Waals surface area contributed by atoms with Crippen LogP contribution in [0, 0.1) is 6.92 Å². The number of carbonyl (C=O) groups excluding carboxylic acids is 1. The molecule has 2 N–H and O–H groups in total. The van der Waals surface area contributed by atoms with Crippen molar-refractivity contribution in [2.45, 2.75) is 13.5 Å². The first-order chi connectivity index (χ1) is 10.1. The Balaban J connectivity index is 1.70. The van der Waals surface area contributed by atoms with Crippen LogP contribution in [0.2, 0.25) is 0 Å². The molecular formula is C17H15BrN2O. The van der Waals surface area contributed by atoms with Crippen LogP contribution in [0.3, 0.4) is 0 Å². The van der Waals surface area contributed by atoms with Crippen molar-refractivity contribution < 1.29 is 4.79 Å². The SMILES string of the molecule is Cc1cc2cc(CNC(=O)c3ccc(Br)cc3)ccc2[nH]1. The Labute approximate surface area is 131 Å². The van der Waals surface area contributed by atoms with Crippen LogP contribution in [-0.4, -0.2) is 10.9 Å². The topological polar surface area (TPSA) is 44.9 Å². The zero-order valence-corrected chi connectivity index (χ0v) is 13.2. The zero-order chi connectivity index (χ0) is 14.8. The van der Waals surface area contributed by atoms with Gasteiger partial charge in [-0.05, 0) is 60.3 Å². The number of hydrogen-bond acceptors (Lipinski definition) is 1. The summed E-state index contributed by atoms with van der Waals surface area (Å²) in [6.07, 6.45) is 0. The predicted molar refractivity (Wildman–Crippen MR) is 88.3 cm³/mol. The van der Waals surface area contributed by atoms with Gasteiger partial charge in [-0.15, -0.1) is 0 Å². The van der Waals surface area contributed by atoms with Gasteiger partial charge in [0.05, 0.1) is 0 Å². The minimum atomic E-state index is -0.0622. The summed E-state index contributed by atoms with van der Waals surface area (Å²) in [4.78, 5) is 15.4. The second-order valence-corrected chi connectivity index (χ2v) is 5.98. The highest BCUT2D eigenvalue weighted by Gasteiger charge is 2.05. The minimum Gasteiger partial charge on any atom is -0.359 e. The van der Waals surface area contributed by atoms with Crippen molar-refractivity contribution in [3.05, 3.63) is 69.8 Å². The second-order valence-electron chi connectivity index (χ2n) is 5.06. The smallest absolute Gasteiger partial charge is 0.251 e. The highest BCUT2D eigenvalue weighted by molar-refractivity contribution is 9.10. The van der Waals surface area contributed by atoms with Crippen molar-refractivity contribution in [2.24, 2.45) is 0 Å². The minimum absolute atomic E-state index is 0.0622. The number of aromatic amines is 1. The molecule has 0 atom stereocenters. The summed E-state index contributed by atoms with van der Waals surface area (Å²) in [6, 6.07) is 15.6. The van der Waals surface area contributed by atoms with Gasteiger partial charge >= 0.3 is 0 Å². The second kappa shape index (κ2) is 5.74. The van der Waals surface area contributed by atoms with E-state index in [1.165, 1.54) is 5.39 Å². The number of H-pyrrole nitrogens is 1. The molecule has 0 saturated carbocycles. The molecule has 4 heteroatoms. The summed E-state index contributed by atoms with van der Waals surface area (Å²) in [6.45, 7) is 2.56. The third kappa shape index (κ3) is 3.16. The van der Waals surface area contributed by atoms with E-state index in [2.05, 4.69) is 38.4 Å². The fourth-order valence-corrected chi connectivity index (χ4v) is 2.59. The summed E-state index contributed by atoms with van der Waals surface area (Å²) >= 11 is 3.36. The first-order valence-electron chi connectivity index (χ1n) is 6.74. The highest BCUT2D eigenvalue weighted by Crippen LogP contribution is 2.17. The average molecular weight is 343 g/mol. The summed E-state index contributed by atoms with van der Waals surface area (Å²) in [5, 5.41) is 4.11. The Hall–Kier alpha value is -2.07. The average Bonchev–Trinajstić information content (AvgIpc) is 2.84. The van der Waals surface area contributed by atoms with Crippen molar-refractivity contribution in [1.29, 1.82) is 0 Å². The van der Waals surface area contributed by atoms with Crippen molar-refractivity contribution in [3.8, 4) is 0 Å². The molecular weight excluding hydrogens is 328 g/mol. The lowest BCUT2D eigenvalue weighted by atomic mass is 10.1. The molecule has 1 heterocycles. The maximum absolute atomic E-state index is 12.1. The van der Waals surface area contributed by atoms with Crippen LogP contribution in [0.5, 0.6) is 0 Å². The van der Waals surface area contributed by atoms with Crippen LogP contribution in [0.25, 0.3) is 10.9 Å². The van der Waals surface area contributed by atoms with Gasteiger partial charge in [-0.2, -0.15) is 0 Å². The number of fused-ring (bicyclic) bond motifs is 1. The maximum Gasteiger partial charge on any atom is 0.251 e. The predicted octanol–water partition coefficient (Wildman–Crippen LogP) is 4.17. The van der Waals surface area contributed by atoms with Crippen LogP contribution in [0.1, 0.15) is 21.6 Å². The molecule has 0 aliphatic heterocycles. The van der Waals surface area contributed by atoms with Crippen molar-refractivity contribution in [2.75, 3.05) is 0 Å². The van der Waals surface area contributed by atoms with Gasteiger partial charge in [-0.25, -0.2) is 0 Å². The Kier molecular flexibility index (Phi) is 3.80. The molecule has 0 bridgehead atoms. The van der Waals surface area contributed by atoms with E-state index in [-0.39, 0.29) is 5.91 Å². The van der Waals surface area contributed by atoms with E-state index in [1.54, 1.807) is 12.1 Å². The molecule has 0 aliphatic rings. The van der Waals surface area contributed by atoms with Gasteiger partial charge in [0.1, 0.15) is 0 Å². The first-order valence-corrected chi connectivity index (χ1v) is 7.53. The van der Waals surface area contributed by atoms with Gasteiger partial charge in [-0.3, -0.25) is 4.79 Å². The van der Waals surface area contributed by atoms with Gasteiger partial charge in [0, 0.05) is 27.8 Å². The molecule has 106 valence electrons. The largest absolute Gasteiger partial charge is 0.359 e. The summed E-state index contributed by atoms with van der Waals surface area (Å²) in [5.41, 5.74) is 4.01. The van der Waals surface area contributed by atoms with E-state index in [9.17, 15) is 4.79 Å². The number of aromatic nitrogens is 1. The molecule has 3 rings (SSSR count). The molecule has 3 aromatic rings. The summed E-state index contributed by atoms with van der Waals surface area (Å²) in [7, 11) is 0. The Morgan fingerprint density at radius 1 is 1.14 bits per heavy atom. The Bertz CT molecular complexity index is 790. The van der Waals surface area contributed by atoms with Crippen LogP contribution < -0.4 is 5.32 Å². The number of benzene rings is 2. The lowest BCUT2D eigenvalue weighted by Crippen LogP contribution is -2.22. The first kappa shape index (κ1) is 13.9. The van der Waals surface area contributed by atoms with E-state index in [0.29, 0.717) is 12.1 Å². The van der Waals surface area contributed by atoms with Crippen LogP contribution in [0.4, 0.5) is 0 Å². The highest BCUT2D eigenvalue weighted by atomic mass is 79.9. The van der Waals surface area contributed by atoms with Gasteiger partial charge in [-0.1, -0.05) is 22.0 Å². The number of carbonyl (C=O) groups is 1. The fraction of sp³-hybridized carbons (Fsp3) is 0.118. The van der Waals surface area contributed by atoms with Gasteiger partial charge in [0.15, 0.2) is 0 Å². The zero-order valence-electron chi connectivity index (χ0n) is 11.6. The molecule has 2 aromatic carbocycles. The molecule has 0 spiro atoms. The molecule has 0 radical (unpaired) electrons. The van der Waals surface area contributed by atoms with Crippen molar-refractivity contribution >= 4 is 32.7 Å². The number of halogens is 1. The third-order valence-corrected chi connectivity index (χ3v) is 3.91. The fourth-order valence-electron chi connectivity index (χ4n) is 2.32. The third-order valence-electron chi connectivity index (χ3n) is 3.38. The molecule has 1 aromatic heterocycles. The standard InChI is InChI=1S/C17H15BrN2O/c1-11-8-14-9-12(2-7-16(14)20-11)10-19-17(21)13-3-5-15(18)6-4-13/h2-9,20H,10H2,1H3,(H,19,21). The molecule has 1 amide bonds. The number of amides is 1. The number of aryl methyl sites for hydroxylation is 1. The maximum atomic E-state index is 12.1. The molecule has 21 heavy (non-hydrogen) atoms. The number of hydrogen-bond donors (Lipinski definition) is 2. The van der Waals surface area contributed by atoms with Gasteiger partial charge in [0.25, 0.3) is 5.91 Å². The van der Waals surface area contributed by atoms with Crippen molar-refractivity contribution in [3.63, 3.8) is 0 Å². The Morgan fingerprint density at radius 3 is 2.67 bits per heavy atom. The normalized spacial score (nSPS) is 10.8. The lowest BCUT2D eigenvalue weighted by molar-refractivity contribution is 0.0951. The van der Waals surface area contributed by atoms with E-state index in [0.717, 1.165) is 21.2 Å². The molecule has 0 unspecified atom stereocenters.